The Hall–Kier alpha value is -1.65. The second-order valence-corrected chi connectivity index (χ2v) is 6.17. The summed E-state index contributed by atoms with van der Waals surface area (Å²) in [4.78, 5) is 13.3. The molecule has 2 N–H and O–H groups in total. The van der Waals surface area contributed by atoms with Gasteiger partial charge in [0.2, 0.25) is 0 Å². The third kappa shape index (κ3) is 4.18. The van der Waals surface area contributed by atoms with Crippen molar-refractivity contribution in [1.82, 2.24) is 5.32 Å². The number of quaternary nitrogens is 1. The van der Waals surface area contributed by atoms with Gasteiger partial charge in [0.1, 0.15) is 0 Å². The van der Waals surface area contributed by atoms with Crippen molar-refractivity contribution < 1.29 is 14.4 Å². The molecule has 1 unspecified atom stereocenters. The van der Waals surface area contributed by atoms with Gasteiger partial charge in [-0.2, -0.15) is 0 Å². The highest BCUT2D eigenvalue weighted by Crippen LogP contribution is 2.17. The van der Waals surface area contributed by atoms with Gasteiger partial charge in [-0.15, -0.1) is 0 Å². The number of hydrogen-bond donors (Lipinski definition) is 2. The highest BCUT2D eigenvalue weighted by molar-refractivity contribution is 5.77. The van der Waals surface area contributed by atoms with E-state index < -0.39 is 0 Å². The van der Waals surface area contributed by atoms with Crippen LogP contribution in [-0.4, -0.2) is 44.8 Å². The minimum absolute atomic E-state index is 0.141. The van der Waals surface area contributed by atoms with Crippen LogP contribution in [0.2, 0.25) is 0 Å². The zero-order chi connectivity index (χ0) is 15.2. The van der Waals surface area contributed by atoms with Crippen molar-refractivity contribution in [3.8, 4) is 0 Å². The highest BCUT2D eigenvalue weighted by atomic mass is 16.5. The number of nitrogens with one attached hydrogen (secondary N) is 2. The Kier molecular flexibility index (Phi) is 5.24. The van der Waals surface area contributed by atoms with E-state index in [9.17, 15) is 4.79 Å². The van der Waals surface area contributed by atoms with E-state index in [1.54, 1.807) is 0 Å². The normalized spacial score (nSPS) is 24.8. The van der Waals surface area contributed by atoms with Gasteiger partial charge in [-0.05, 0) is 30.1 Å². The maximum absolute atomic E-state index is 12.0. The van der Waals surface area contributed by atoms with E-state index in [1.807, 2.05) is 6.07 Å². The number of hydrogen-bond acceptors (Lipinski definition) is 2. The van der Waals surface area contributed by atoms with Crippen LogP contribution in [-0.2, 0) is 9.53 Å². The van der Waals surface area contributed by atoms with Gasteiger partial charge in [-0.25, -0.2) is 0 Å². The zero-order valence-corrected chi connectivity index (χ0v) is 13.0. The largest absolute Gasteiger partial charge is 0.376 e. The Balaban J connectivity index is 1.43. The summed E-state index contributed by atoms with van der Waals surface area (Å²) in [6.07, 6.45) is 5.73. The Morgan fingerprint density at radius 2 is 2.18 bits per heavy atom. The van der Waals surface area contributed by atoms with E-state index in [-0.39, 0.29) is 12.0 Å². The summed E-state index contributed by atoms with van der Waals surface area (Å²) in [5, 5.41) is 3.01. The standard InChI is InChI=1S/C18H24N2O2/c21-18(19-13-17-7-4-12-22-17)14-20-10-8-16(9-11-20)15-5-2-1-3-6-15/h1-3,5-6,8,17H,4,7,9-14H2,(H,19,21)/p+1/t17-/m1/s1. The number of ether oxygens (including phenoxy) is 1. The van der Waals surface area contributed by atoms with Crippen molar-refractivity contribution in [2.45, 2.75) is 25.4 Å². The van der Waals surface area contributed by atoms with Crippen molar-refractivity contribution in [3.63, 3.8) is 0 Å². The molecule has 1 saturated heterocycles. The molecule has 1 fully saturated rings. The van der Waals surface area contributed by atoms with Crippen molar-refractivity contribution in [2.24, 2.45) is 0 Å². The number of amides is 1. The molecule has 1 aromatic carbocycles. The second-order valence-electron chi connectivity index (χ2n) is 6.17. The van der Waals surface area contributed by atoms with Gasteiger partial charge in [0, 0.05) is 19.6 Å². The van der Waals surface area contributed by atoms with Crippen molar-refractivity contribution >= 4 is 11.5 Å². The molecule has 0 radical (unpaired) electrons. The van der Waals surface area contributed by atoms with E-state index >= 15 is 0 Å². The monoisotopic (exact) mass is 301 g/mol. The maximum Gasteiger partial charge on any atom is 0.275 e. The van der Waals surface area contributed by atoms with E-state index in [0.717, 1.165) is 39.0 Å². The number of carbonyl (C=O) groups excluding carboxylic acids is 1. The first-order valence-electron chi connectivity index (χ1n) is 8.27. The summed E-state index contributed by atoms with van der Waals surface area (Å²) >= 11 is 0. The SMILES string of the molecule is O=C(C[NH+]1CC=C(c2ccccc2)CC1)NC[C@H]1CCCO1. The third-order valence-electron chi connectivity index (χ3n) is 4.49. The van der Waals surface area contributed by atoms with Gasteiger partial charge in [0.15, 0.2) is 6.54 Å². The molecule has 4 heteroatoms. The van der Waals surface area contributed by atoms with Crippen LogP contribution in [0.4, 0.5) is 0 Å². The molecule has 4 nitrogen and oxygen atoms in total. The lowest BCUT2D eigenvalue weighted by Gasteiger charge is -2.23. The molecule has 1 amide bonds. The van der Waals surface area contributed by atoms with Gasteiger partial charge in [-0.3, -0.25) is 4.79 Å². The molecule has 3 rings (SSSR count). The molecule has 2 aliphatic heterocycles. The Labute approximate surface area is 132 Å². The fourth-order valence-corrected chi connectivity index (χ4v) is 3.18. The fourth-order valence-electron chi connectivity index (χ4n) is 3.18. The lowest BCUT2D eigenvalue weighted by atomic mass is 10.00. The van der Waals surface area contributed by atoms with E-state index in [1.165, 1.54) is 16.0 Å². The zero-order valence-electron chi connectivity index (χ0n) is 13.0. The van der Waals surface area contributed by atoms with Crippen LogP contribution in [0.3, 0.4) is 0 Å². The van der Waals surface area contributed by atoms with E-state index in [2.05, 4.69) is 35.7 Å². The van der Waals surface area contributed by atoms with E-state index in [0.29, 0.717) is 13.1 Å². The van der Waals surface area contributed by atoms with Gasteiger partial charge in [0.05, 0.1) is 19.2 Å². The first kappa shape index (κ1) is 15.3. The first-order chi connectivity index (χ1) is 10.8. The van der Waals surface area contributed by atoms with Crippen molar-refractivity contribution in [3.05, 3.63) is 42.0 Å². The lowest BCUT2D eigenvalue weighted by molar-refractivity contribution is -0.886. The molecule has 0 saturated carbocycles. The van der Waals surface area contributed by atoms with Gasteiger partial charge in [-0.1, -0.05) is 30.3 Å². The quantitative estimate of drug-likeness (QED) is 0.839. The number of benzene rings is 1. The molecule has 2 atom stereocenters. The molecule has 0 bridgehead atoms. The van der Waals surface area contributed by atoms with Crippen LogP contribution in [0.1, 0.15) is 24.8 Å². The number of carbonyl (C=O) groups is 1. The molecule has 0 aromatic heterocycles. The summed E-state index contributed by atoms with van der Waals surface area (Å²) in [6, 6.07) is 10.5. The molecule has 0 aliphatic carbocycles. The molecular formula is C18H25N2O2+. The fraction of sp³-hybridized carbons (Fsp3) is 0.500. The van der Waals surface area contributed by atoms with Crippen LogP contribution in [0.15, 0.2) is 36.4 Å². The van der Waals surface area contributed by atoms with Crippen LogP contribution < -0.4 is 10.2 Å². The Morgan fingerprint density at radius 3 is 2.86 bits per heavy atom. The van der Waals surface area contributed by atoms with Crippen LogP contribution in [0.25, 0.3) is 5.57 Å². The number of rotatable bonds is 5. The first-order valence-corrected chi connectivity index (χ1v) is 8.27. The Bertz CT molecular complexity index is 521. The lowest BCUT2D eigenvalue weighted by Crippen LogP contribution is -3.13. The Morgan fingerprint density at radius 1 is 1.32 bits per heavy atom. The molecular weight excluding hydrogens is 276 g/mol. The predicted octanol–water partition coefficient (Wildman–Crippen LogP) is 0.654. The predicted molar refractivity (Wildman–Crippen MR) is 86.6 cm³/mol. The summed E-state index contributed by atoms with van der Waals surface area (Å²) < 4.78 is 5.53. The third-order valence-corrected chi connectivity index (χ3v) is 4.49. The van der Waals surface area contributed by atoms with Crippen molar-refractivity contribution in [1.29, 1.82) is 0 Å². The summed E-state index contributed by atoms with van der Waals surface area (Å²) in [5.41, 5.74) is 2.72. The molecule has 1 aromatic rings. The van der Waals surface area contributed by atoms with Crippen molar-refractivity contribution in [2.75, 3.05) is 32.8 Å². The maximum atomic E-state index is 12.0. The van der Waals surface area contributed by atoms with Gasteiger partial charge >= 0.3 is 0 Å². The second kappa shape index (κ2) is 7.56. The summed E-state index contributed by atoms with van der Waals surface area (Å²) in [7, 11) is 0. The highest BCUT2D eigenvalue weighted by Gasteiger charge is 2.20. The minimum atomic E-state index is 0.141. The summed E-state index contributed by atoms with van der Waals surface area (Å²) in [6.45, 7) is 4.01. The smallest absolute Gasteiger partial charge is 0.275 e. The van der Waals surface area contributed by atoms with Crippen LogP contribution >= 0.6 is 0 Å². The molecule has 118 valence electrons. The van der Waals surface area contributed by atoms with Crippen LogP contribution in [0, 0.1) is 0 Å². The average Bonchev–Trinajstić information content (AvgIpc) is 3.08. The topological polar surface area (TPSA) is 42.8 Å². The molecule has 0 spiro atoms. The average molecular weight is 301 g/mol. The van der Waals surface area contributed by atoms with E-state index in [4.69, 9.17) is 4.74 Å². The molecule has 2 heterocycles. The summed E-state index contributed by atoms with van der Waals surface area (Å²) in [5.74, 6) is 0.141. The van der Waals surface area contributed by atoms with Gasteiger partial charge < -0.3 is 15.0 Å². The minimum Gasteiger partial charge on any atom is -0.376 e. The van der Waals surface area contributed by atoms with Gasteiger partial charge in [0.25, 0.3) is 5.91 Å². The molecule has 22 heavy (non-hydrogen) atoms. The molecule has 2 aliphatic rings. The van der Waals surface area contributed by atoms with Crippen LogP contribution in [0.5, 0.6) is 0 Å².